The number of aromatic nitrogens is 4. The Morgan fingerprint density at radius 1 is 1.07 bits per heavy atom. The molecule has 0 amide bonds. The minimum Gasteiger partial charge on any atom is -0.328 e. The van der Waals surface area contributed by atoms with Crippen LogP contribution in [-0.4, -0.2) is 51.9 Å². The fourth-order valence-corrected chi connectivity index (χ4v) is 4.02. The SMILES string of the molecule is Cn1c(=O)c2c(nc(C[NH+]3CC[NH+](C)CC3)n2Cc2ccccc2F)n(C)c1=O. The number of hydrogen-bond donors (Lipinski definition) is 2. The van der Waals surface area contributed by atoms with Crippen molar-refractivity contribution in [2.24, 2.45) is 14.1 Å². The van der Waals surface area contributed by atoms with Crippen LogP contribution in [0.25, 0.3) is 11.2 Å². The van der Waals surface area contributed by atoms with Crippen LogP contribution in [0, 0.1) is 5.82 Å². The normalized spacial score (nSPS) is 19.7. The van der Waals surface area contributed by atoms with Crippen LogP contribution in [0.3, 0.4) is 0 Å². The fourth-order valence-electron chi connectivity index (χ4n) is 4.02. The Kier molecular flexibility index (Phi) is 5.10. The van der Waals surface area contributed by atoms with Crippen LogP contribution in [-0.2, 0) is 27.2 Å². The molecule has 154 valence electrons. The Morgan fingerprint density at radius 2 is 1.76 bits per heavy atom. The van der Waals surface area contributed by atoms with Gasteiger partial charge in [-0.25, -0.2) is 14.2 Å². The summed E-state index contributed by atoms with van der Waals surface area (Å²) in [5.41, 5.74) is 0.355. The van der Waals surface area contributed by atoms with Gasteiger partial charge in [0.25, 0.3) is 5.56 Å². The molecule has 1 fully saturated rings. The number of quaternary nitrogens is 2. The van der Waals surface area contributed by atoms with Crippen molar-refractivity contribution in [2.45, 2.75) is 13.1 Å². The molecule has 0 aliphatic carbocycles. The number of hydrogen-bond acceptors (Lipinski definition) is 3. The van der Waals surface area contributed by atoms with Crippen molar-refractivity contribution in [1.29, 1.82) is 0 Å². The summed E-state index contributed by atoms with van der Waals surface area (Å²) in [4.78, 5) is 32.9. The second kappa shape index (κ2) is 7.57. The molecule has 0 spiro atoms. The number of nitrogens with one attached hydrogen (secondary N) is 2. The zero-order valence-electron chi connectivity index (χ0n) is 17.0. The van der Waals surface area contributed by atoms with Crippen molar-refractivity contribution in [2.75, 3.05) is 33.2 Å². The largest absolute Gasteiger partial charge is 0.332 e. The zero-order chi connectivity index (χ0) is 20.7. The predicted octanol–water partition coefficient (Wildman–Crippen LogP) is -2.47. The Hall–Kier alpha value is -2.78. The average molecular weight is 402 g/mol. The highest BCUT2D eigenvalue weighted by Crippen LogP contribution is 2.15. The Balaban J connectivity index is 1.86. The lowest BCUT2D eigenvalue weighted by atomic mass is 10.2. The molecule has 8 nitrogen and oxygen atoms in total. The molecule has 1 aliphatic heterocycles. The van der Waals surface area contributed by atoms with Crippen molar-refractivity contribution in [1.82, 2.24) is 18.7 Å². The summed E-state index contributed by atoms with van der Waals surface area (Å²) in [6.07, 6.45) is 0. The van der Waals surface area contributed by atoms with E-state index in [4.69, 9.17) is 0 Å². The number of imidazole rings is 1. The highest BCUT2D eigenvalue weighted by atomic mass is 19.1. The molecule has 1 saturated heterocycles. The van der Waals surface area contributed by atoms with Crippen LogP contribution in [0.1, 0.15) is 11.4 Å². The van der Waals surface area contributed by atoms with Gasteiger partial charge >= 0.3 is 5.69 Å². The topological polar surface area (TPSA) is 70.7 Å². The first kappa shape index (κ1) is 19.5. The quantitative estimate of drug-likeness (QED) is 0.509. The lowest BCUT2D eigenvalue weighted by molar-refractivity contribution is -1.01. The standard InChI is InChI=1S/C20H25FN6O2/c1-23-8-10-26(11-9-23)13-16-22-18-17(19(28)25(3)20(29)24(18)2)27(16)12-14-6-4-5-7-15(14)21/h4-7H,8-13H2,1-3H3/p+2. The molecule has 1 aliphatic rings. The van der Waals surface area contributed by atoms with E-state index in [1.54, 1.807) is 29.8 Å². The summed E-state index contributed by atoms with van der Waals surface area (Å²) in [5.74, 6) is 0.383. The van der Waals surface area contributed by atoms with Gasteiger partial charge in [0.05, 0.1) is 13.6 Å². The number of rotatable bonds is 4. The minimum atomic E-state index is -0.417. The summed E-state index contributed by atoms with van der Waals surface area (Å²) in [6, 6.07) is 6.55. The monoisotopic (exact) mass is 402 g/mol. The Bertz CT molecular complexity index is 1170. The second-order valence-electron chi connectivity index (χ2n) is 7.97. The molecular weight excluding hydrogens is 375 g/mol. The van der Waals surface area contributed by atoms with E-state index < -0.39 is 11.2 Å². The van der Waals surface area contributed by atoms with Gasteiger partial charge in [0.15, 0.2) is 17.0 Å². The number of piperazine rings is 1. The molecule has 0 radical (unpaired) electrons. The van der Waals surface area contributed by atoms with Crippen LogP contribution in [0.4, 0.5) is 4.39 Å². The third kappa shape index (κ3) is 3.51. The molecule has 2 aromatic heterocycles. The second-order valence-corrected chi connectivity index (χ2v) is 7.97. The van der Waals surface area contributed by atoms with E-state index in [9.17, 15) is 14.0 Å². The van der Waals surface area contributed by atoms with Crippen molar-refractivity contribution >= 4 is 11.2 Å². The van der Waals surface area contributed by atoms with Crippen LogP contribution in [0.5, 0.6) is 0 Å². The number of nitrogens with zero attached hydrogens (tertiary/aromatic N) is 4. The molecule has 0 unspecified atom stereocenters. The van der Waals surface area contributed by atoms with E-state index in [0.29, 0.717) is 29.1 Å². The maximum absolute atomic E-state index is 14.4. The van der Waals surface area contributed by atoms with Gasteiger partial charge in [-0.3, -0.25) is 13.9 Å². The Morgan fingerprint density at radius 3 is 2.45 bits per heavy atom. The maximum atomic E-state index is 14.4. The van der Waals surface area contributed by atoms with E-state index in [2.05, 4.69) is 12.0 Å². The van der Waals surface area contributed by atoms with E-state index in [1.165, 1.54) is 27.5 Å². The highest BCUT2D eigenvalue weighted by Gasteiger charge is 2.25. The predicted molar refractivity (Wildman–Crippen MR) is 107 cm³/mol. The van der Waals surface area contributed by atoms with Gasteiger partial charge in [-0.05, 0) is 6.07 Å². The van der Waals surface area contributed by atoms with Crippen LogP contribution in [0.15, 0.2) is 33.9 Å². The van der Waals surface area contributed by atoms with E-state index in [0.717, 1.165) is 30.7 Å². The van der Waals surface area contributed by atoms with Crippen molar-refractivity contribution in [3.63, 3.8) is 0 Å². The smallest absolute Gasteiger partial charge is 0.328 e. The summed E-state index contributed by atoms with van der Waals surface area (Å²) in [6.45, 7) is 4.99. The maximum Gasteiger partial charge on any atom is 0.332 e. The zero-order valence-corrected chi connectivity index (χ0v) is 17.0. The summed E-state index contributed by atoms with van der Waals surface area (Å²) in [5, 5.41) is 0. The van der Waals surface area contributed by atoms with Crippen molar-refractivity contribution in [3.05, 3.63) is 62.3 Å². The molecule has 29 heavy (non-hydrogen) atoms. The first-order valence-corrected chi connectivity index (χ1v) is 9.90. The third-order valence-corrected chi connectivity index (χ3v) is 5.93. The van der Waals surface area contributed by atoms with Crippen molar-refractivity contribution in [3.8, 4) is 0 Å². The lowest BCUT2D eigenvalue weighted by Gasteiger charge is -2.27. The number of fused-ring (bicyclic) bond motifs is 1. The average Bonchev–Trinajstić information content (AvgIpc) is 3.06. The first-order valence-electron chi connectivity index (χ1n) is 9.90. The van der Waals surface area contributed by atoms with E-state index >= 15 is 0 Å². The first-order chi connectivity index (χ1) is 13.9. The van der Waals surface area contributed by atoms with Gasteiger partial charge in [0.1, 0.15) is 38.5 Å². The van der Waals surface area contributed by atoms with Gasteiger partial charge in [-0.2, -0.15) is 0 Å². The van der Waals surface area contributed by atoms with Gasteiger partial charge in [-0.1, -0.05) is 18.2 Å². The van der Waals surface area contributed by atoms with Crippen LogP contribution >= 0.6 is 0 Å². The molecule has 4 rings (SSSR count). The Labute approximate surface area is 167 Å². The minimum absolute atomic E-state index is 0.199. The van der Waals surface area contributed by atoms with Gasteiger partial charge < -0.3 is 14.4 Å². The molecular formula is C20H27FN6O2+2. The molecule has 3 aromatic rings. The number of likely N-dealkylation sites (N-methyl/N-ethyl adjacent to an activating group) is 1. The summed E-state index contributed by atoms with van der Waals surface area (Å²) < 4.78 is 18.6. The van der Waals surface area contributed by atoms with Gasteiger partial charge in [-0.15, -0.1) is 0 Å². The van der Waals surface area contributed by atoms with Crippen LogP contribution in [0.2, 0.25) is 0 Å². The third-order valence-electron chi connectivity index (χ3n) is 5.93. The van der Waals surface area contributed by atoms with Gasteiger partial charge in [0.2, 0.25) is 0 Å². The van der Waals surface area contributed by atoms with Crippen molar-refractivity contribution < 1.29 is 14.2 Å². The summed E-state index contributed by atoms with van der Waals surface area (Å²) in [7, 11) is 5.25. The number of aryl methyl sites for hydroxylation is 1. The van der Waals surface area contributed by atoms with Crippen LogP contribution < -0.4 is 21.0 Å². The van der Waals surface area contributed by atoms with Gasteiger partial charge in [0, 0.05) is 19.7 Å². The molecule has 2 N–H and O–H groups in total. The summed E-state index contributed by atoms with van der Waals surface area (Å²) >= 11 is 0. The number of benzene rings is 1. The molecule has 3 heterocycles. The molecule has 9 heteroatoms. The fraction of sp³-hybridized carbons (Fsp3) is 0.450. The highest BCUT2D eigenvalue weighted by molar-refractivity contribution is 5.71. The molecule has 0 atom stereocenters. The molecule has 1 aromatic carbocycles. The lowest BCUT2D eigenvalue weighted by Crippen LogP contribution is -3.26. The van der Waals surface area contributed by atoms with E-state index in [-0.39, 0.29) is 12.4 Å². The molecule has 0 bridgehead atoms. The number of halogens is 1. The van der Waals surface area contributed by atoms with E-state index in [1.807, 2.05) is 0 Å². The molecule has 0 saturated carbocycles.